The molecule has 0 bridgehead atoms. The van der Waals surface area contributed by atoms with Crippen LogP contribution >= 0.6 is 0 Å². The third-order valence-corrected chi connectivity index (χ3v) is 14.6. The van der Waals surface area contributed by atoms with Crippen LogP contribution in [0.25, 0.3) is 0 Å². The summed E-state index contributed by atoms with van der Waals surface area (Å²) in [6.07, 6.45) is -6.37. The number of Topliss-reactive ketones (excluding diaryl/α,β-unsaturated/α-hetero) is 2. The molecule has 442 valence electrons. The molecule has 0 aliphatic carbocycles. The summed E-state index contributed by atoms with van der Waals surface area (Å²) in [5, 5.41) is 98.2. The number of ketones is 2. The highest BCUT2D eigenvalue weighted by Gasteiger charge is 2.45. The molecule has 3 aliphatic heterocycles. The molecule has 3 saturated heterocycles. The standard InChI is InChI=1S/C53H95N3O20/c1-31-43(64)46(67)37(28-57)74-50(31)71-24-14-9-19-40(61)54-22-12-7-17-34(49(70)53(4,5)6)27-36(60)35(56-42(63)21-11-16-26-73-52-33(3)45(66)48(69)39(30-59)76-52)18-8-13-23-55-41(62)20-10-15-25-72-51-32(2)44(65)47(68)38(29-58)75-51/h31-35,37-39,43-48,50-52,57-59,64-69H,7-30H2,1-6H3,(H,54,61)(H,55,62)(H,56,63)/t31?,32?,33?,34?,35?,37?,38?,39?,43-,44-,45-,46+,47+,48+,50-,51-,52-/m1/s1. The number of hydrogen-bond acceptors (Lipinski definition) is 20. The molecule has 0 aromatic carbocycles. The lowest BCUT2D eigenvalue weighted by molar-refractivity contribution is -0.282. The first-order valence-corrected chi connectivity index (χ1v) is 27.7. The number of aliphatic hydroxyl groups excluding tert-OH is 9. The predicted octanol–water partition coefficient (Wildman–Crippen LogP) is 0.0208. The SMILES string of the molecule is CC1[C@H](OCCCCC(=O)NCCCCC(CC(=O)C(CCCCNC(=O)CCCCO[C@@H]2OC(CO)[C@H](O)[C@H](O)C2C)NC(=O)CCCCO[C@@H]2OC(CO)[C@H](O)[C@H](O)C2C)C(=O)C(C)(C)C)OC(CO)[C@H](O)[C@@H]1O. The topological polar surface area (TPSA) is 359 Å². The molecule has 3 rings (SSSR count). The first-order chi connectivity index (χ1) is 36.0. The number of amides is 3. The highest BCUT2D eigenvalue weighted by molar-refractivity contribution is 5.94. The third-order valence-electron chi connectivity index (χ3n) is 14.6. The number of rotatable bonds is 36. The van der Waals surface area contributed by atoms with E-state index in [2.05, 4.69) is 16.0 Å². The molecule has 3 fully saturated rings. The van der Waals surface area contributed by atoms with E-state index in [0.29, 0.717) is 83.7 Å². The van der Waals surface area contributed by atoms with Crippen LogP contribution in [0.2, 0.25) is 0 Å². The van der Waals surface area contributed by atoms with Gasteiger partial charge in [0.25, 0.3) is 0 Å². The molecule has 76 heavy (non-hydrogen) atoms. The van der Waals surface area contributed by atoms with Gasteiger partial charge in [-0.2, -0.15) is 0 Å². The second-order valence-electron chi connectivity index (χ2n) is 22.0. The fraction of sp³-hybridized carbons (Fsp3) is 0.906. The van der Waals surface area contributed by atoms with Gasteiger partial charge in [0.15, 0.2) is 24.7 Å². The molecule has 8 unspecified atom stereocenters. The van der Waals surface area contributed by atoms with Gasteiger partial charge in [-0.3, -0.25) is 24.0 Å². The van der Waals surface area contributed by atoms with Gasteiger partial charge in [0.1, 0.15) is 42.4 Å². The lowest BCUT2D eigenvalue weighted by atomic mass is 9.78. The summed E-state index contributed by atoms with van der Waals surface area (Å²) in [6, 6.07) is -0.900. The molecule has 3 amide bonds. The van der Waals surface area contributed by atoms with E-state index < -0.39 is 129 Å². The van der Waals surface area contributed by atoms with Crippen molar-refractivity contribution in [2.24, 2.45) is 29.1 Å². The Hall–Kier alpha value is -2.85. The molecule has 0 spiro atoms. The Morgan fingerprint density at radius 2 is 0.842 bits per heavy atom. The zero-order valence-electron chi connectivity index (χ0n) is 45.8. The average molecular weight is 1090 g/mol. The summed E-state index contributed by atoms with van der Waals surface area (Å²) in [7, 11) is 0. The van der Waals surface area contributed by atoms with E-state index in [-0.39, 0.29) is 81.2 Å². The zero-order valence-corrected chi connectivity index (χ0v) is 45.8. The summed E-state index contributed by atoms with van der Waals surface area (Å²) in [6.45, 7) is 10.3. The second kappa shape index (κ2) is 35.0. The van der Waals surface area contributed by atoms with Crippen LogP contribution in [0.15, 0.2) is 0 Å². The molecular formula is C53H95N3O20. The van der Waals surface area contributed by atoms with Crippen LogP contribution in [0.4, 0.5) is 0 Å². The summed E-state index contributed by atoms with van der Waals surface area (Å²) in [5.74, 6) is -3.31. The van der Waals surface area contributed by atoms with Crippen molar-refractivity contribution in [2.45, 2.75) is 224 Å². The minimum absolute atomic E-state index is 0.0675. The Morgan fingerprint density at radius 1 is 0.487 bits per heavy atom. The van der Waals surface area contributed by atoms with Crippen molar-refractivity contribution in [1.29, 1.82) is 0 Å². The normalized spacial score (nSPS) is 30.8. The van der Waals surface area contributed by atoms with Gasteiger partial charge in [0.05, 0.1) is 44.2 Å². The minimum Gasteiger partial charge on any atom is -0.394 e. The number of ether oxygens (including phenoxy) is 6. The molecule has 3 aliphatic rings. The molecule has 0 saturated carbocycles. The largest absolute Gasteiger partial charge is 0.394 e. The maximum absolute atomic E-state index is 14.1. The van der Waals surface area contributed by atoms with Gasteiger partial charge in [-0.25, -0.2) is 0 Å². The molecule has 23 heteroatoms. The van der Waals surface area contributed by atoms with Gasteiger partial charge in [-0.15, -0.1) is 0 Å². The smallest absolute Gasteiger partial charge is 0.220 e. The molecule has 3 heterocycles. The van der Waals surface area contributed by atoms with Gasteiger partial charge < -0.3 is 90.3 Å². The van der Waals surface area contributed by atoms with Crippen LogP contribution in [-0.4, -0.2) is 208 Å². The molecule has 23 nitrogen and oxygen atoms in total. The Morgan fingerprint density at radius 3 is 1.20 bits per heavy atom. The van der Waals surface area contributed by atoms with Gasteiger partial charge >= 0.3 is 0 Å². The lowest BCUT2D eigenvalue weighted by Crippen LogP contribution is -2.55. The van der Waals surface area contributed by atoms with Crippen LogP contribution < -0.4 is 16.0 Å². The number of nitrogens with one attached hydrogen (secondary N) is 3. The van der Waals surface area contributed by atoms with E-state index in [9.17, 15) is 69.9 Å². The van der Waals surface area contributed by atoms with Crippen molar-refractivity contribution in [3.05, 3.63) is 0 Å². The quantitative estimate of drug-likeness (QED) is 0.0368. The van der Waals surface area contributed by atoms with E-state index in [0.717, 1.165) is 0 Å². The number of carbonyl (C=O) groups is 5. The Kier molecular flexibility index (Phi) is 31.1. The summed E-state index contributed by atoms with van der Waals surface area (Å²) in [4.78, 5) is 66.5. The van der Waals surface area contributed by atoms with E-state index in [1.54, 1.807) is 41.5 Å². The van der Waals surface area contributed by atoms with Crippen molar-refractivity contribution in [1.82, 2.24) is 16.0 Å². The molecule has 0 radical (unpaired) electrons. The fourth-order valence-electron chi connectivity index (χ4n) is 9.52. The zero-order chi connectivity index (χ0) is 56.5. The molecular weight excluding hydrogens is 999 g/mol. The average Bonchev–Trinajstić information content (AvgIpc) is 3.38. The Bertz CT molecular complexity index is 1700. The monoisotopic (exact) mass is 1090 g/mol. The van der Waals surface area contributed by atoms with Gasteiger partial charge in [0, 0.05) is 87.7 Å². The van der Waals surface area contributed by atoms with Crippen molar-refractivity contribution in [3.63, 3.8) is 0 Å². The highest BCUT2D eigenvalue weighted by atomic mass is 16.7. The van der Waals surface area contributed by atoms with Crippen molar-refractivity contribution < 1.29 is 98.4 Å². The third kappa shape index (κ3) is 22.4. The number of unbranched alkanes of at least 4 members (excludes halogenated alkanes) is 5. The van der Waals surface area contributed by atoms with Crippen LogP contribution in [-0.2, 0) is 52.4 Å². The van der Waals surface area contributed by atoms with Gasteiger partial charge in [-0.05, 0) is 70.6 Å². The van der Waals surface area contributed by atoms with E-state index >= 15 is 0 Å². The minimum atomic E-state index is -1.26. The number of aliphatic hydroxyl groups is 9. The molecule has 12 N–H and O–H groups in total. The van der Waals surface area contributed by atoms with Crippen LogP contribution in [0.3, 0.4) is 0 Å². The number of carbonyl (C=O) groups excluding carboxylic acids is 5. The lowest BCUT2D eigenvalue weighted by Gasteiger charge is -2.40. The fourth-order valence-corrected chi connectivity index (χ4v) is 9.52. The number of hydrogen-bond donors (Lipinski definition) is 12. The van der Waals surface area contributed by atoms with Gasteiger partial charge in [0.2, 0.25) is 17.7 Å². The van der Waals surface area contributed by atoms with E-state index in [1.165, 1.54) is 0 Å². The van der Waals surface area contributed by atoms with Crippen LogP contribution in [0.5, 0.6) is 0 Å². The maximum atomic E-state index is 14.1. The summed E-state index contributed by atoms with van der Waals surface area (Å²) < 4.78 is 34.0. The maximum Gasteiger partial charge on any atom is 0.220 e. The molecule has 0 aromatic rings. The van der Waals surface area contributed by atoms with Crippen molar-refractivity contribution >= 4 is 29.3 Å². The van der Waals surface area contributed by atoms with Crippen molar-refractivity contribution in [2.75, 3.05) is 52.7 Å². The summed E-state index contributed by atoms with van der Waals surface area (Å²) in [5.41, 5.74) is -0.755. The van der Waals surface area contributed by atoms with Crippen molar-refractivity contribution in [3.8, 4) is 0 Å². The second-order valence-corrected chi connectivity index (χ2v) is 22.0. The van der Waals surface area contributed by atoms with Crippen LogP contribution in [0.1, 0.15) is 144 Å². The first-order valence-electron chi connectivity index (χ1n) is 27.7. The predicted molar refractivity (Wildman–Crippen MR) is 273 cm³/mol. The van der Waals surface area contributed by atoms with E-state index in [1.807, 2.05) is 0 Å². The Balaban J connectivity index is 1.48. The summed E-state index contributed by atoms with van der Waals surface area (Å²) >= 11 is 0. The highest BCUT2D eigenvalue weighted by Crippen LogP contribution is 2.31. The molecule has 17 atom stereocenters. The van der Waals surface area contributed by atoms with Gasteiger partial charge in [-0.1, -0.05) is 48.0 Å². The first kappa shape index (κ1) is 67.4. The van der Waals surface area contributed by atoms with E-state index in [4.69, 9.17) is 28.4 Å². The Labute approximate surface area is 448 Å². The van der Waals surface area contributed by atoms with Crippen LogP contribution in [0, 0.1) is 29.1 Å². The molecule has 0 aromatic heterocycles.